The van der Waals surface area contributed by atoms with Crippen LogP contribution in [0, 0.1) is 6.92 Å². The molecule has 7 heteroatoms. The smallest absolute Gasteiger partial charge is 0.272 e. The van der Waals surface area contributed by atoms with Gasteiger partial charge in [-0.3, -0.25) is 9.78 Å². The van der Waals surface area contributed by atoms with Crippen LogP contribution in [0.5, 0.6) is 0 Å². The van der Waals surface area contributed by atoms with E-state index in [-0.39, 0.29) is 5.91 Å². The maximum atomic E-state index is 11.4. The minimum absolute atomic E-state index is 0.170. The Morgan fingerprint density at radius 3 is 2.52 bits per heavy atom. The van der Waals surface area contributed by atoms with E-state index in [0.717, 1.165) is 71.0 Å². The highest BCUT2D eigenvalue weighted by molar-refractivity contribution is 7.18. The Labute approximate surface area is 139 Å². The molecule has 1 amide bonds. The van der Waals surface area contributed by atoms with Crippen LogP contribution in [0.2, 0.25) is 0 Å². The zero-order valence-electron chi connectivity index (χ0n) is 13.5. The quantitative estimate of drug-likeness (QED) is 0.835. The SMILES string of the molecule is Cc1nc2c(C[N+]34CC[N+](CC(N)=O)(CC3)CC4)nccc2s1. The third-order valence-electron chi connectivity index (χ3n) is 5.61. The third-order valence-corrected chi connectivity index (χ3v) is 6.55. The lowest BCUT2D eigenvalue weighted by Crippen LogP contribution is -2.75. The second-order valence-electron chi connectivity index (χ2n) is 7.14. The molecule has 3 aliphatic heterocycles. The second-order valence-corrected chi connectivity index (χ2v) is 8.38. The molecule has 5 heterocycles. The van der Waals surface area contributed by atoms with Crippen LogP contribution in [-0.4, -0.2) is 70.7 Å². The number of quaternary nitrogens is 2. The van der Waals surface area contributed by atoms with E-state index in [1.54, 1.807) is 11.3 Å². The van der Waals surface area contributed by atoms with Gasteiger partial charge < -0.3 is 14.7 Å². The van der Waals surface area contributed by atoms with Gasteiger partial charge in [0.25, 0.3) is 5.91 Å². The van der Waals surface area contributed by atoms with Gasteiger partial charge in [0, 0.05) is 6.20 Å². The molecule has 3 aliphatic rings. The third kappa shape index (κ3) is 2.62. The first-order valence-electron chi connectivity index (χ1n) is 8.19. The number of hydrogen-bond acceptors (Lipinski definition) is 4. The summed E-state index contributed by atoms with van der Waals surface area (Å²) in [5, 5.41) is 1.10. The van der Waals surface area contributed by atoms with E-state index in [2.05, 4.69) is 18.0 Å². The van der Waals surface area contributed by atoms with Gasteiger partial charge in [-0.05, 0) is 13.0 Å². The van der Waals surface area contributed by atoms with Crippen LogP contribution >= 0.6 is 11.3 Å². The van der Waals surface area contributed by atoms with Gasteiger partial charge in [0.2, 0.25) is 0 Å². The van der Waals surface area contributed by atoms with Crippen molar-refractivity contribution >= 4 is 27.5 Å². The van der Waals surface area contributed by atoms with Crippen LogP contribution in [0.4, 0.5) is 0 Å². The summed E-state index contributed by atoms with van der Waals surface area (Å²) in [5.41, 5.74) is 7.65. The summed E-state index contributed by atoms with van der Waals surface area (Å²) in [6, 6.07) is 2.06. The molecule has 0 aromatic carbocycles. The number of hydrogen-bond donors (Lipinski definition) is 1. The molecule has 6 nitrogen and oxygen atoms in total. The predicted molar refractivity (Wildman–Crippen MR) is 89.6 cm³/mol. The molecule has 2 N–H and O–H groups in total. The van der Waals surface area contributed by atoms with E-state index in [9.17, 15) is 4.79 Å². The normalized spacial score (nSPS) is 30.0. The van der Waals surface area contributed by atoms with Crippen LogP contribution < -0.4 is 5.73 Å². The van der Waals surface area contributed by atoms with E-state index in [0.29, 0.717) is 6.54 Å². The molecule has 0 atom stereocenters. The van der Waals surface area contributed by atoms with Crippen molar-refractivity contribution < 1.29 is 13.8 Å². The number of pyridine rings is 1. The summed E-state index contributed by atoms with van der Waals surface area (Å²) in [6.45, 7) is 9.98. The summed E-state index contributed by atoms with van der Waals surface area (Å²) < 4.78 is 3.21. The predicted octanol–water partition coefficient (Wildman–Crippen LogP) is 0.646. The van der Waals surface area contributed by atoms with Crippen molar-refractivity contribution in [2.75, 3.05) is 45.8 Å². The minimum Gasteiger partial charge on any atom is -0.365 e. The Morgan fingerprint density at radius 1 is 1.22 bits per heavy atom. The van der Waals surface area contributed by atoms with Crippen molar-refractivity contribution in [2.24, 2.45) is 5.73 Å². The molecular formula is C16H23N5OS+2. The van der Waals surface area contributed by atoms with Crippen molar-refractivity contribution in [3.63, 3.8) is 0 Å². The zero-order valence-corrected chi connectivity index (χ0v) is 14.3. The number of piperazine rings is 3. The fourth-order valence-electron chi connectivity index (χ4n) is 4.20. The number of thiazole rings is 1. The fraction of sp³-hybridized carbons (Fsp3) is 0.562. The summed E-state index contributed by atoms with van der Waals surface area (Å²) >= 11 is 1.74. The number of carbonyl (C=O) groups excluding carboxylic acids is 1. The van der Waals surface area contributed by atoms with Gasteiger partial charge >= 0.3 is 0 Å². The topological polar surface area (TPSA) is 68.9 Å². The van der Waals surface area contributed by atoms with Gasteiger partial charge in [-0.1, -0.05) is 0 Å². The second kappa shape index (κ2) is 5.22. The number of nitrogens with two attached hydrogens (primary N) is 1. The zero-order chi connectivity index (χ0) is 16.1. The number of carbonyl (C=O) groups is 1. The maximum Gasteiger partial charge on any atom is 0.272 e. The Morgan fingerprint density at radius 2 is 1.87 bits per heavy atom. The molecule has 0 unspecified atom stereocenters. The molecule has 23 heavy (non-hydrogen) atoms. The Hall–Kier alpha value is -1.57. The molecule has 2 aromatic rings. The number of aryl methyl sites for hydroxylation is 1. The average molecular weight is 333 g/mol. The van der Waals surface area contributed by atoms with Crippen LogP contribution in [0.25, 0.3) is 10.2 Å². The van der Waals surface area contributed by atoms with Gasteiger partial charge in [0.15, 0.2) is 6.54 Å². The number of primary amides is 1. The first-order valence-corrected chi connectivity index (χ1v) is 9.01. The molecule has 5 rings (SSSR count). The first-order chi connectivity index (χ1) is 11.0. The van der Waals surface area contributed by atoms with Crippen molar-refractivity contribution in [2.45, 2.75) is 13.5 Å². The van der Waals surface area contributed by atoms with Crippen molar-refractivity contribution in [1.29, 1.82) is 0 Å². The Bertz CT molecular complexity index is 746. The number of nitrogens with zero attached hydrogens (tertiary/aromatic N) is 4. The van der Waals surface area contributed by atoms with Crippen LogP contribution in [0.1, 0.15) is 10.7 Å². The largest absolute Gasteiger partial charge is 0.365 e. The molecule has 122 valence electrons. The molecule has 2 bridgehead atoms. The minimum atomic E-state index is -0.170. The standard InChI is InChI=1S/C16H22N5OS/c1-12-19-16-13(18-3-2-14(16)23-12)10-20-4-7-21(8-5-20,9-6-20)11-15(17)22/h2-3H,4-11H2,1H3,(H-,17,22)/q+1/p+1. The first kappa shape index (κ1) is 15.0. The molecular weight excluding hydrogens is 310 g/mol. The van der Waals surface area contributed by atoms with Crippen LogP contribution in [0.15, 0.2) is 12.3 Å². The highest BCUT2D eigenvalue weighted by Gasteiger charge is 2.49. The van der Waals surface area contributed by atoms with Crippen LogP contribution in [0.3, 0.4) is 0 Å². The molecule has 3 saturated heterocycles. The lowest BCUT2D eigenvalue weighted by molar-refractivity contribution is -1.08. The number of aromatic nitrogens is 2. The van der Waals surface area contributed by atoms with Crippen molar-refractivity contribution in [3.8, 4) is 0 Å². The van der Waals surface area contributed by atoms with E-state index in [1.807, 2.05) is 6.20 Å². The fourth-order valence-corrected chi connectivity index (χ4v) is 5.04. The van der Waals surface area contributed by atoms with Gasteiger partial charge in [0.05, 0.1) is 9.71 Å². The van der Waals surface area contributed by atoms with E-state index < -0.39 is 0 Å². The summed E-state index contributed by atoms with van der Waals surface area (Å²) in [4.78, 5) is 20.7. The summed E-state index contributed by atoms with van der Waals surface area (Å²) in [6.07, 6.45) is 1.91. The summed E-state index contributed by atoms with van der Waals surface area (Å²) in [5.74, 6) is -0.170. The molecule has 0 radical (unpaired) electrons. The van der Waals surface area contributed by atoms with Gasteiger partial charge in [0.1, 0.15) is 57.0 Å². The molecule has 0 spiro atoms. The number of amides is 1. The summed E-state index contributed by atoms with van der Waals surface area (Å²) in [7, 11) is 0. The van der Waals surface area contributed by atoms with Gasteiger partial charge in [-0.2, -0.15) is 0 Å². The maximum absolute atomic E-state index is 11.4. The lowest BCUT2D eigenvalue weighted by atomic mass is 10.1. The van der Waals surface area contributed by atoms with Gasteiger partial charge in [-0.25, -0.2) is 4.98 Å². The Kier molecular flexibility index (Phi) is 3.40. The number of fused-ring (bicyclic) bond motifs is 4. The van der Waals surface area contributed by atoms with Crippen molar-refractivity contribution in [3.05, 3.63) is 23.0 Å². The van der Waals surface area contributed by atoms with E-state index >= 15 is 0 Å². The molecule has 2 aromatic heterocycles. The van der Waals surface area contributed by atoms with E-state index in [4.69, 9.17) is 10.7 Å². The van der Waals surface area contributed by atoms with Crippen LogP contribution in [-0.2, 0) is 11.3 Å². The highest BCUT2D eigenvalue weighted by Crippen LogP contribution is 2.31. The lowest BCUT2D eigenvalue weighted by Gasteiger charge is -2.55. The van der Waals surface area contributed by atoms with Gasteiger partial charge in [-0.15, -0.1) is 11.3 Å². The molecule has 0 aliphatic carbocycles. The Balaban J connectivity index is 1.57. The molecule has 0 saturated carbocycles. The van der Waals surface area contributed by atoms with E-state index in [1.165, 1.54) is 4.70 Å². The highest BCUT2D eigenvalue weighted by atomic mass is 32.1. The van der Waals surface area contributed by atoms with Crippen molar-refractivity contribution in [1.82, 2.24) is 9.97 Å². The average Bonchev–Trinajstić information content (AvgIpc) is 2.90. The molecule has 3 fully saturated rings. The monoisotopic (exact) mass is 333 g/mol. The number of rotatable bonds is 4.